The Balaban J connectivity index is 1.45. The Bertz CT molecular complexity index is 892. The molecule has 0 bridgehead atoms. The van der Waals surface area contributed by atoms with Crippen molar-refractivity contribution >= 4 is 17.2 Å². The van der Waals surface area contributed by atoms with Gasteiger partial charge in [0, 0.05) is 24.0 Å². The number of hydrogen-bond donors (Lipinski definition) is 0. The van der Waals surface area contributed by atoms with Gasteiger partial charge in [0.1, 0.15) is 11.7 Å². The second-order valence-electron chi connectivity index (χ2n) is 6.28. The summed E-state index contributed by atoms with van der Waals surface area (Å²) in [6.45, 7) is 2.71. The molecule has 1 aliphatic heterocycles. The Kier molecular flexibility index (Phi) is 4.75. The molecule has 1 aliphatic rings. The van der Waals surface area contributed by atoms with E-state index in [2.05, 4.69) is 20.1 Å². The van der Waals surface area contributed by atoms with Gasteiger partial charge in [0.05, 0.1) is 11.2 Å². The lowest BCUT2D eigenvalue weighted by molar-refractivity contribution is -0.132. The van der Waals surface area contributed by atoms with Gasteiger partial charge in [-0.2, -0.15) is 4.98 Å². The van der Waals surface area contributed by atoms with E-state index in [4.69, 9.17) is 4.52 Å². The fourth-order valence-corrected chi connectivity index (χ4v) is 4.00. The van der Waals surface area contributed by atoms with Crippen molar-refractivity contribution in [1.29, 1.82) is 0 Å². The quantitative estimate of drug-likeness (QED) is 0.687. The molecule has 0 saturated carbocycles. The number of likely N-dealkylation sites (tertiary alicyclic amines) is 1. The first-order valence-electron chi connectivity index (χ1n) is 8.66. The van der Waals surface area contributed by atoms with E-state index in [-0.39, 0.29) is 11.9 Å². The number of rotatable bonds is 5. The highest BCUT2D eigenvalue weighted by atomic mass is 32.1. The number of amides is 1. The standard InChI is InChI=1S/C18H19N5O2S/c1-12-15(26-11-20-12)7-8-16(24)23-10-4-6-14(23)18-21-17(22-25-18)13-5-2-3-9-19-13/h2-3,5,9,11,14H,4,6-8,10H2,1H3. The van der Waals surface area contributed by atoms with E-state index < -0.39 is 0 Å². The number of pyridine rings is 1. The highest BCUT2D eigenvalue weighted by molar-refractivity contribution is 7.09. The largest absolute Gasteiger partial charge is 0.337 e. The molecule has 3 aromatic rings. The summed E-state index contributed by atoms with van der Waals surface area (Å²) in [6.07, 6.45) is 4.67. The first-order chi connectivity index (χ1) is 12.7. The summed E-state index contributed by atoms with van der Waals surface area (Å²) in [5, 5.41) is 4.03. The maximum absolute atomic E-state index is 12.7. The van der Waals surface area contributed by atoms with Crippen molar-refractivity contribution < 1.29 is 9.32 Å². The minimum absolute atomic E-state index is 0.123. The van der Waals surface area contributed by atoms with Crippen molar-refractivity contribution in [2.24, 2.45) is 0 Å². The number of carbonyl (C=O) groups excluding carboxylic acids is 1. The first-order valence-corrected chi connectivity index (χ1v) is 9.54. The smallest absolute Gasteiger partial charge is 0.249 e. The van der Waals surface area contributed by atoms with E-state index in [1.807, 2.05) is 35.5 Å². The third kappa shape index (κ3) is 3.37. The molecular weight excluding hydrogens is 350 g/mol. The number of nitrogens with zero attached hydrogens (tertiary/aromatic N) is 5. The lowest BCUT2D eigenvalue weighted by Crippen LogP contribution is -2.30. The molecule has 0 aromatic carbocycles. The van der Waals surface area contributed by atoms with Crippen LogP contribution in [-0.2, 0) is 11.2 Å². The van der Waals surface area contributed by atoms with E-state index in [0.717, 1.165) is 31.5 Å². The molecule has 26 heavy (non-hydrogen) atoms. The molecule has 8 heteroatoms. The van der Waals surface area contributed by atoms with Gasteiger partial charge in [-0.1, -0.05) is 11.2 Å². The van der Waals surface area contributed by atoms with E-state index >= 15 is 0 Å². The molecule has 4 heterocycles. The molecule has 0 N–H and O–H groups in total. The zero-order valence-electron chi connectivity index (χ0n) is 14.5. The van der Waals surface area contributed by atoms with Gasteiger partial charge in [0.25, 0.3) is 0 Å². The second kappa shape index (κ2) is 7.33. The third-order valence-corrected chi connectivity index (χ3v) is 5.60. The topological polar surface area (TPSA) is 85.0 Å². The summed E-state index contributed by atoms with van der Waals surface area (Å²) < 4.78 is 5.45. The molecule has 0 aliphatic carbocycles. The van der Waals surface area contributed by atoms with E-state index in [9.17, 15) is 4.79 Å². The Labute approximate surface area is 155 Å². The van der Waals surface area contributed by atoms with Crippen LogP contribution in [0.4, 0.5) is 0 Å². The van der Waals surface area contributed by atoms with Crippen molar-refractivity contribution in [1.82, 2.24) is 25.0 Å². The van der Waals surface area contributed by atoms with Crippen molar-refractivity contribution in [3.05, 3.63) is 46.4 Å². The minimum Gasteiger partial charge on any atom is -0.337 e. The van der Waals surface area contributed by atoms with Crippen LogP contribution in [0.5, 0.6) is 0 Å². The minimum atomic E-state index is -0.144. The highest BCUT2D eigenvalue weighted by Crippen LogP contribution is 2.32. The molecule has 7 nitrogen and oxygen atoms in total. The van der Waals surface area contributed by atoms with Gasteiger partial charge in [-0.3, -0.25) is 9.78 Å². The summed E-state index contributed by atoms with van der Waals surface area (Å²) >= 11 is 1.60. The van der Waals surface area contributed by atoms with Gasteiger partial charge in [-0.05, 0) is 38.3 Å². The molecule has 1 atom stereocenters. The number of hydrogen-bond acceptors (Lipinski definition) is 7. The molecule has 1 fully saturated rings. The number of aromatic nitrogens is 4. The average Bonchev–Trinajstić information content (AvgIpc) is 3.40. The number of thiazole rings is 1. The average molecular weight is 369 g/mol. The molecular formula is C18H19N5O2S. The monoisotopic (exact) mass is 369 g/mol. The fraction of sp³-hybridized carbons (Fsp3) is 0.389. The Morgan fingerprint density at radius 2 is 2.31 bits per heavy atom. The summed E-state index contributed by atoms with van der Waals surface area (Å²) in [5.41, 5.74) is 3.50. The predicted octanol–water partition coefficient (Wildman–Crippen LogP) is 3.19. The van der Waals surface area contributed by atoms with E-state index in [0.29, 0.717) is 23.8 Å². The summed E-state index contributed by atoms with van der Waals surface area (Å²) in [6, 6.07) is 5.41. The number of aryl methyl sites for hydroxylation is 2. The van der Waals surface area contributed by atoms with Gasteiger partial charge in [0.2, 0.25) is 17.6 Å². The molecule has 1 saturated heterocycles. The zero-order valence-corrected chi connectivity index (χ0v) is 15.3. The van der Waals surface area contributed by atoms with Crippen molar-refractivity contribution in [2.75, 3.05) is 6.54 Å². The first kappa shape index (κ1) is 16.8. The maximum atomic E-state index is 12.7. The van der Waals surface area contributed by atoms with Crippen LogP contribution < -0.4 is 0 Å². The van der Waals surface area contributed by atoms with Crippen LogP contribution in [0.3, 0.4) is 0 Å². The molecule has 3 aromatic heterocycles. The van der Waals surface area contributed by atoms with Crippen molar-refractivity contribution in [3.8, 4) is 11.5 Å². The lowest BCUT2D eigenvalue weighted by atomic mass is 10.2. The summed E-state index contributed by atoms with van der Waals surface area (Å²) in [5.74, 6) is 1.07. The molecule has 134 valence electrons. The van der Waals surface area contributed by atoms with Crippen LogP contribution in [0.2, 0.25) is 0 Å². The van der Waals surface area contributed by atoms with E-state index in [1.54, 1.807) is 17.5 Å². The normalized spacial score (nSPS) is 17.0. The van der Waals surface area contributed by atoms with Crippen LogP contribution in [0.25, 0.3) is 11.5 Å². The molecule has 0 radical (unpaired) electrons. The Morgan fingerprint density at radius 3 is 3.08 bits per heavy atom. The maximum Gasteiger partial charge on any atom is 0.249 e. The lowest BCUT2D eigenvalue weighted by Gasteiger charge is -2.21. The number of carbonyl (C=O) groups is 1. The second-order valence-corrected chi connectivity index (χ2v) is 7.22. The van der Waals surface area contributed by atoms with Gasteiger partial charge < -0.3 is 9.42 Å². The van der Waals surface area contributed by atoms with Gasteiger partial charge in [0.15, 0.2) is 0 Å². The van der Waals surface area contributed by atoms with Crippen molar-refractivity contribution in [3.63, 3.8) is 0 Å². The van der Waals surface area contributed by atoms with Crippen LogP contribution in [0, 0.1) is 6.92 Å². The fourth-order valence-electron chi connectivity index (χ4n) is 3.22. The summed E-state index contributed by atoms with van der Waals surface area (Å²) in [7, 11) is 0. The van der Waals surface area contributed by atoms with Gasteiger partial charge in [-0.15, -0.1) is 11.3 Å². The molecule has 4 rings (SSSR count). The third-order valence-electron chi connectivity index (χ3n) is 4.60. The molecule has 0 spiro atoms. The Hall–Kier alpha value is -2.61. The van der Waals surface area contributed by atoms with Crippen LogP contribution >= 0.6 is 11.3 Å². The van der Waals surface area contributed by atoms with Crippen molar-refractivity contribution in [2.45, 2.75) is 38.6 Å². The van der Waals surface area contributed by atoms with E-state index in [1.165, 1.54) is 4.88 Å². The highest BCUT2D eigenvalue weighted by Gasteiger charge is 2.34. The van der Waals surface area contributed by atoms with Gasteiger partial charge in [-0.25, -0.2) is 4.98 Å². The zero-order chi connectivity index (χ0) is 17.9. The molecule has 1 amide bonds. The van der Waals surface area contributed by atoms with Crippen LogP contribution in [0.1, 0.15) is 41.8 Å². The van der Waals surface area contributed by atoms with Crippen LogP contribution in [0.15, 0.2) is 34.4 Å². The van der Waals surface area contributed by atoms with Gasteiger partial charge >= 0.3 is 0 Å². The predicted molar refractivity (Wildman–Crippen MR) is 96.4 cm³/mol. The molecule has 1 unspecified atom stereocenters. The van der Waals surface area contributed by atoms with Crippen LogP contribution in [-0.4, -0.2) is 37.5 Å². The Morgan fingerprint density at radius 1 is 1.38 bits per heavy atom. The SMILES string of the molecule is Cc1ncsc1CCC(=O)N1CCCC1c1nc(-c2ccccn2)no1. The summed E-state index contributed by atoms with van der Waals surface area (Å²) in [4.78, 5) is 28.7.